The van der Waals surface area contributed by atoms with Gasteiger partial charge in [0.15, 0.2) is 0 Å². The van der Waals surface area contributed by atoms with Crippen LogP contribution in [0.1, 0.15) is 36.7 Å². The lowest BCUT2D eigenvalue weighted by molar-refractivity contribution is -0.137. The molecule has 2 N–H and O–H groups in total. The van der Waals surface area contributed by atoms with Crippen LogP contribution in [0.5, 0.6) is 0 Å². The highest BCUT2D eigenvalue weighted by Gasteiger charge is 2.23. The van der Waals surface area contributed by atoms with E-state index in [4.69, 9.17) is 4.74 Å². The number of carbonyl (C=O) groups is 2. The van der Waals surface area contributed by atoms with E-state index >= 15 is 0 Å². The summed E-state index contributed by atoms with van der Waals surface area (Å²) in [5.74, 6) is -1.47. The van der Waals surface area contributed by atoms with Gasteiger partial charge in [-0.25, -0.2) is 9.59 Å². The number of esters is 1. The minimum atomic E-state index is -0.983. The summed E-state index contributed by atoms with van der Waals surface area (Å²) in [5.41, 5.74) is 1.04. The Morgan fingerprint density at radius 2 is 1.64 bits per heavy atom. The van der Waals surface area contributed by atoms with E-state index in [0.29, 0.717) is 17.7 Å². The third kappa shape index (κ3) is 5.64. The van der Waals surface area contributed by atoms with Gasteiger partial charge in [-0.15, -0.1) is 0 Å². The Hall–Kier alpha value is -2.82. The van der Waals surface area contributed by atoms with Crippen molar-refractivity contribution >= 4 is 17.6 Å². The number of anilines is 1. The van der Waals surface area contributed by atoms with E-state index < -0.39 is 23.6 Å². The molecular formula is C20H23NO4. The van der Waals surface area contributed by atoms with E-state index in [0.717, 1.165) is 5.56 Å². The summed E-state index contributed by atoms with van der Waals surface area (Å²) >= 11 is 0. The molecule has 2 rings (SSSR count). The number of aliphatic carboxylic acids is 1. The maximum absolute atomic E-state index is 12.4. The van der Waals surface area contributed by atoms with E-state index in [9.17, 15) is 14.7 Å². The van der Waals surface area contributed by atoms with Crippen molar-refractivity contribution < 1.29 is 19.4 Å². The van der Waals surface area contributed by atoms with E-state index in [-0.39, 0.29) is 0 Å². The highest BCUT2D eigenvalue weighted by Crippen LogP contribution is 2.21. The minimum Gasteiger partial charge on any atom is -0.480 e. The van der Waals surface area contributed by atoms with Crippen LogP contribution in [0.3, 0.4) is 0 Å². The Labute approximate surface area is 147 Å². The van der Waals surface area contributed by atoms with Gasteiger partial charge in [0.05, 0.1) is 5.56 Å². The van der Waals surface area contributed by atoms with Crippen LogP contribution in [-0.2, 0) is 16.0 Å². The largest absolute Gasteiger partial charge is 0.480 e. The van der Waals surface area contributed by atoms with E-state index in [1.54, 1.807) is 45.0 Å². The number of nitrogens with one attached hydrogen (secondary N) is 1. The Morgan fingerprint density at radius 3 is 2.24 bits per heavy atom. The second kappa shape index (κ2) is 7.83. The van der Waals surface area contributed by atoms with Gasteiger partial charge in [-0.1, -0.05) is 42.5 Å². The van der Waals surface area contributed by atoms with Crippen LogP contribution < -0.4 is 5.32 Å². The predicted molar refractivity (Wildman–Crippen MR) is 96.8 cm³/mol. The average molecular weight is 341 g/mol. The first-order valence-corrected chi connectivity index (χ1v) is 8.12. The van der Waals surface area contributed by atoms with E-state index in [2.05, 4.69) is 5.32 Å². The van der Waals surface area contributed by atoms with Gasteiger partial charge < -0.3 is 15.2 Å². The van der Waals surface area contributed by atoms with Crippen molar-refractivity contribution in [2.75, 3.05) is 5.32 Å². The summed E-state index contributed by atoms with van der Waals surface area (Å²) in [6.45, 7) is 5.36. The van der Waals surface area contributed by atoms with E-state index in [1.165, 1.54) is 0 Å². The number of benzene rings is 2. The second-order valence-corrected chi connectivity index (χ2v) is 6.77. The van der Waals surface area contributed by atoms with Gasteiger partial charge in [-0.3, -0.25) is 0 Å². The molecule has 0 unspecified atom stereocenters. The first-order chi connectivity index (χ1) is 11.8. The topological polar surface area (TPSA) is 75.6 Å². The summed E-state index contributed by atoms with van der Waals surface area (Å²) in [5, 5.41) is 12.5. The van der Waals surface area contributed by atoms with Crippen molar-refractivity contribution in [1.29, 1.82) is 0 Å². The standard InChI is InChI=1S/C20H23NO4/c1-20(2,3)25-19(24)15-11-7-8-12-16(15)21-17(18(22)23)13-14-9-5-4-6-10-14/h4-12,17,21H,13H2,1-3H3,(H,22,23)/t17-/m1/s1. The molecule has 0 spiro atoms. The zero-order valence-electron chi connectivity index (χ0n) is 14.7. The van der Waals surface area contributed by atoms with Crippen molar-refractivity contribution in [2.24, 2.45) is 0 Å². The Morgan fingerprint density at radius 1 is 1.04 bits per heavy atom. The molecule has 1 atom stereocenters. The Bertz CT molecular complexity index is 735. The van der Waals surface area contributed by atoms with Crippen LogP contribution >= 0.6 is 0 Å². The molecule has 2 aromatic rings. The van der Waals surface area contributed by atoms with E-state index in [1.807, 2.05) is 30.3 Å². The number of carbonyl (C=O) groups excluding carboxylic acids is 1. The smallest absolute Gasteiger partial charge is 0.340 e. The van der Waals surface area contributed by atoms with Crippen molar-refractivity contribution in [1.82, 2.24) is 0 Å². The fraction of sp³-hybridized carbons (Fsp3) is 0.300. The average Bonchev–Trinajstić information content (AvgIpc) is 2.54. The molecule has 0 aromatic heterocycles. The number of hydrogen-bond donors (Lipinski definition) is 2. The molecule has 0 fully saturated rings. The summed E-state index contributed by atoms with van der Waals surface area (Å²) in [4.78, 5) is 24.0. The molecule has 25 heavy (non-hydrogen) atoms. The first-order valence-electron chi connectivity index (χ1n) is 8.12. The summed E-state index contributed by atoms with van der Waals surface area (Å²) in [6.07, 6.45) is 0.304. The number of ether oxygens (including phenoxy) is 1. The molecule has 0 aliphatic carbocycles. The third-order valence-electron chi connectivity index (χ3n) is 3.46. The molecule has 0 saturated heterocycles. The maximum Gasteiger partial charge on any atom is 0.340 e. The molecule has 132 valence electrons. The zero-order chi connectivity index (χ0) is 18.4. The molecule has 0 heterocycles. The van der Waals surface area contributed by atoms with Crippen LogP contribution in [0, 0.1) is 0 Å². The normalized spacial score (nSPS) is 12.3. The SMILES string of the molecule is CC(C)(C)OC(=O)c1ccccc1N[C@H](Cc1ccccc1)C(=O)O. The van der Waals surface area contributed by atoms with Crippen LogP contribution in [0.2, 0.25) is 0 Å². The van der Waals surface area contributed by atoms with Gasteiger partial charge in [-0.05, 0) is 38.5 Å². The molecule has 2 aromatic carbocycles. The maximum atomic E-state index is 12.4. The van der Waals surface area contributed by atoms with Gasteiger partial charge in [0.25, 0.3) is 0 Å². The van der Waals surface area contributed by atoms with Crippen LogP contribution in [0.15, 0.2) is 54.6 Å². The van der Waals surface area contributed by atoms with Gasteiger partial charge in [0.2, 0.25) is 0 Å². The van der Waals surface area contributed by atoms with Gasteiger partial charge in [-0.2, -0.15) is 0 Å². The third-order valence-corrected chi connectivity index (χ3v) is 3.46. The molecule has 0 aliphatic rings. The van der Waals surface area contributed by atoms with Crippen molar-refractivity contribution in [3.63, 3.8) is 0 Å². The van der Waals surface area contributed by atoms with Gasteiger partial charge in [0.1, 0.15) is 11.6 Å². The summed E-state index contributed by atoms with van der Waals surface area (Å²) < 4.78 is 5.40. The molecule has 5 nitrogen and oxygen atoms in total. The zero-order valence-corrected chi connectivity index (χ0v) is 14.7. The van der Waals surface area contributed by atoms with Gasteiger partial charge >= 0.3 is 11.9 Å². The Balaban J connectivity index is 2.22. The fourth-order valence-electron chi connectivity index (χ4n) is 2.36. The summed E-state index contributed by atoms with van der Waals surface area (Å²) in [7, 11) is 0. The van der Waals surface area contributed by atoms with Crippen LogP contribution in [0.4, 0.5) is 5.69 Å². The van der Waals surface area contributed by atoms with Crippen molar-refractivity contribution in [2.45, 2.75) is 38.8 Å². The van der Waals surface area contributed by atoms with Gasteiger partial charge in [0, 0.05) is 12.1 Å². The van der Waals surface area contributed by atoms with Crippen LogP contribution in [0.25, 0.3) is 0 Å². The lowest BCUT2D eigenvalue weighted by Gasteiger charge is -2.22. The monoisotopic (exact) mass is 341 g/mol. The molecule has 0 aliphatic heterocycles. The lowest BCUT2D eigenvalue weighted by Crippen LogP contribution is -2.32. The molecule has 0 saturated carbocycles. The highest BCUT2D eigenvalue weighted by atomic mass is 16.6. The molecule has 0 bridgehead atoms. The summed E-state index contributed by atoms with van der Waals surface area (Å²) in [6, 6.07) is 15.3. The number of carboxylic acids is 1. The second-order valence-electron chi connectivity index (χ2n) is 6.77. The predicted octanol–water partition coefficient (Wildman–Crippen LogP) is 3.75. The number of hydrogen-bond acceptors (Lipinski definition) is 4. The molecule has 5 heteroatoms. The molecular weight excluding hydrogens is 318 g/mol. The lowest BCUT2D eigenvalue weighted by atomic mass is 10.0. The number of carboxylic acid groups (broad SMARTS) is 1. The highest BCUT2D eigenvalue weighted by molar-refractivity contribution is 5.96. The first kappa shape index (κ1) is 18.5. The quantitative estimate of drug-likeness (QED) is 0.783. The molecule has 0 radical (unpaired) electrons. The number of para-hydroxylation sites is 1. The minimum absolute atomic E-state index is 0.304. The van der Waals surface area contributed by atoms with Crippen molar-refractivity contribution in [3.8, 4) is 0 Å². The van der Waals surface area contributed by atoms with Crippen LogP contribution in [-0.4, -0.2) is 28.7 Å². The molecule has 0 amide bonds. The fourth-order valence-corrected chi connectivity index (χ4v) is 2.36. The van der Waals surface area contributed by atoms with Crippen molar-refractivity contribution in [3.05, 3.63) is 65.7 Å². The number of rotatable bonds is 6. The Kier molecular flexibility index (Phi) is 5.80.